The molecule has 0 bridgehead atoms. The smallest absolute Gasteiger partial charge is 0.264 e. The number of amides is 1. The van der Waals surface area contributed by atoms with Gasteiger partial charge >= 0.3 is 0 Å². The standard InChI is InChI=1S/C21H22N4O3/c1-21(10-5-13-25(15-21)19(26)16-8-11-22-12-9-16)20-23-18(28-24-20)14-27-17-6-3-2-4-7-17/h2-4,6-9,11-12H,5,10,13-15H2,1H3. The number of hydrogen-bond donors (Lipinski definition) is 0. The van der Waals surface area contributed by atoms with Crippen molar-refractivity contribution in [2.45, 2.75) is 31.8 Å². The Morgan fingerprint density at radius 1 is 1.21 bits per heavy atom. The van der Waals surface area contributed by atoms with Gasteiger partial charge < -0.3 is 14.2 Å². The fraction of sp³-hybridized carbons (Fsp3) is 0.333. The first kappa shape index (κ1) is 18.2. The van der Waals surface area contributed by atoms with E-state index in [1.54, 1.807) is 24.5 Å². The number of piperidine rings is 1. The number of pyridine rings is 1. The van der Waals surface area contributed by atoms with E-state index in [0.717, 1.165) is 25.1 Å². The normalized spacial score (nSPS) is 19.4. The van der Waals surface area contributed by atoms with E-state index in [4.69, 9.17) is 9.26 Å². The number of likely N-dealkylation sites (tertiary alicyclic amines) is 1. The van der Waals surface area contributed by atoms with Crippen molar-refractivity contribution in [2.24, 2.45) is 0 Å². The first-order valence-electron chi connectivity index (χ1n) is 9.34. The van der Waals surface area contributed by atoms with Gasteiger partial charge in [0.25, 0.3) is 11.8 Å². The van der Waals surface area contributed by atoms with E-state index in [1.165, 1.54) is 0 Å². The van der Waals surface area contributed by atoms with E-state index < -0.39 is 0 Å². The van der Waals surface area contributed by atoms with E-state index in [1.807, 2.05) is 35.2 Å². The molecule has 4 rings (SSSR count). The number of benzene rings is 1. The third kappa shape index (κ3) is 3.88. The second-order valence-electron chi connectivity index (χ2n) is 7.24. The van der Waals surface area contributed by atoms with Gasteiger partial charge in [-0.25, -0.2) is 0 Å². The van der Waals surface area contributed by atoms with Crippen molar-refractivity contribution in [2.75, 3.05) is 13.1 Å². The number of para-hydroxylation sites is 1. The lowest BCUT2D eigenvalue weighted by molar-refractivity contribution is 0.0642. The summed E-state index contributed by atoms with van der Waals surface area (Å²) in [6.45, 7) is 3.56. The summed E-state index contributed by atoms with van der Waals surface area (Å²) in [6.07, 6.45) is 5.05. The molecule has 1 amide bonds. The summed E-state index contributed by atoms with van der Waals surface area (Å²) in [6, 6.07) is 13.0. The second-order valence-corrected chi connectivity index (χ2v) is 7.24. The third-order valence-electron chi connectivity index (χ3n) is 5.02. The molecule has 1 aliphatic rings. The molecule has 0 spiro atoms. The highest BCUT2D eigenvalue weighted by Gasteiger charge is 2.38. The zero-order chi connectivity index (χ0) is 19.4. The SMILES string of the molecule is CC1(c2noc(COc3ccccc3)n2)CCCN(C(=O)c2ccncc2)C1. The molecule has 0 N–H and O–H groups in total. The summed E-state index contributed by atoms with van der Waals surface area (Å²) in [5, 5.41) is 4.18. The van der Waals surface area contributed by atoms with Crippen LogP contribution in [0.2, 0.25) is 0 Å². The molecule has 28 heavy (non-hydrogen) atoms. The lowest BCUT2D eigenvalue weighted by Crippen LogP contribution is -2.47. The summed E-state index contributed by atoms with van der Waals surface area (Å²) in [5.74, 6) is 1.80. The molecule has 0 radical (unpaired) electrons. The van der Waals surface area contributed by atoms with E-state index in [-0.39, 0.29) is 17.9 Å². The average molecular weight is 378 g/mol. The molecule has 3 aromatic rings. The van der Waals surface area contributed by atoms with E-state index >= 15 is 0 Å². The predicted octanol–water partition coefficient (Wildman–Crippen LogP) is 3.24. The van der Waals surface area contributed by atoms with Crippen LogP contribution in [0.4, 0.5) is 0 Å². The van der Waals surface area contributed by atoms with Crippen molar-refractivity contribution < 1.29 is 14.1 Å². The lowest BCUT2D eigenvalue weighted by Gasteiger charge is -2.38. The van der Waals surface area contributed by atoms with Crippen LogP contribution in [0.25, 0.3) is 0 Å². The van der Waals surface area contributed by atoms with E-state index in [9.17, 15) is 4.79 Å². The van der Waals surface area contributed by atoms with Crippen LogP contribution < -0.4 is 4.74 Å². The largest absolute Gasteiger partial charge is 0.484 e. The number of carbonyl (C=O) groups is 1. The molecule has 0 aliphatic carbocycles. The zero-order valence-electron chi connectivity index (χ0n) is 15.7. The Labute approximate surface area is 163 Å². The average Bonchev–Trinajstić information content (AvgIpc) is 3.23. The molecular formula is C21H22N4O3. The molecule has 1 aromatic carbocycles. The number of nitrogens with zero attached hydrogens (tertiary/aromatic N) is 4. The van der Waals surface area contributed by atoms with Gasteiger partial charge in [-0.15, -0.1) is 0 Å². The highest BCUT2D eigenvalue weighted by Crippen LogP contribution is 2.32. The lowest BCUT2D eigenvalue weighted by atomic mass is 9.81. The first-order valence-corrected chi connectivity index (χ1v) is 9.34. The van der Waals surface area contributed by atoms with Crippen molar-refractivity contribution in [3.8, 4) is 5.75 Å². The summed E-state index contributed by atoms with van der Waals surface area (Å²) in [4.78, 5) is 23.2. The van der Waals surface area contributed by atoms with Crippen molar-refractivity contribution in [1.82, 2.24) is 20.0 Å². The fourth-order valence-electron chi connectivity index (χ4n) is 3.49. The Hall–Kier alpha value is -3.22. The van der Waals surface area contributed by atoms with Crippen LogP contribution in [0.3, 0.4) is 0 Å². The van der Waals surface area contributed by atoms with Crippen molar-refractivity contribution in [3.63, 3.8) is 0 Å². The Kier molecular flexibility index (Phi) is 5.06. The van der Waals surface area contributed by atoms with Crippen molar-refractivity contribution >= 4 is 5.91 Å². The summed E-state index contributed by atoms with van der Waals surface area (Å²) >= 11 is 0. The Balaban J connectivity index is 1.44. The van der Waals surface area contributed by atoms with Crippen LogP contribution in [0, 0.1) is 0 Å². The maximum atomic E-state index is 12.8. The zero-order valence-corrected chi connectivity index (χ0v) is 15.7. The van der Waals surface area contributed by atoms with Gasteiger partial charge in [0.2, 0.25) is 0 Å². The number of ether oxygens (including phenoxy) is 1. The molecule has 144 valence electrons. The van der Waals surface area contributed by atoms with E-state index in [2.05, 4.69) is 22.0 Å². The summed E-state index contributed by atoms with van der Waals surface area (Å²) < 4.78 is 11.1. The Morgan fingerprint density at radius 3 is 2.79 bits per heavy atom. The van der Waals surface area contributed by atoms with Gasteiger partial charge in [0.15, 0.2) is 12.4 Å². The summed E-state index contributed by atoms with van der Waals surface area (Å²) in [7, 11) is 0. The van der Waals surface area contributed by atoms with Crippen LogP contribution in [-0.2, 0) is 12.0 Å². The quantitative estimate of drug-likeness (QED) is 0.678. The second kappa shape index (κ2) is 7.80. The molecule has 3 heterocycles. The third-order valence-corrected chi connectivity index (χ3v) is 5.02. The van der Waals surface area contributed by atoms with Gasteiger partial charge in [-0.05, 0) is 37.1 Å². The molecule has 1 saturated heterocycles. The molecule has 0 saturated carbocycles. The van der Waals surface area contributed by atoms with Gasteiger partial charge in [0.1, 0.15) is 5.75 Å². The van der Waals surface area contributed by atoms with Gasteiger partial charge in [0, 0.05) is 36.5 Å². The monoisotopic (exact) mass is 378 g/mol. The topological polar surface area (TPSA) is 81.4 Å². The molecule has 1 aliphatic heterocycles. The van der Waals surface area contributed by atoms with E-state index in [0.29, 0.717) is 23.8 Å². The van der Waals surface area contributed by atoms with Gasteiger partial charge in [-0.3, -0.25) is 9.78 Å². The number of rotatable bonds is 5. The maximum absolute atomic E-state index is 12.8. The van der Waals surface area contributed by atoms with Crippen LogP contribution in [0.5, 0.6) is 5.75 Å². The van der Waals surface area contributed by atoms with Crippen LogP contribution in [0.15, 0.2) is 59.4 Å². The Bertz CT molecular complexity index is 929. The highest BCUT2D eigenvalue weighted by molar-refractivity contribution is 5.94. The van der Waals surface area contributed by atoms with Gasteiger partial charge in [-0.2, -0.15) is 4.98 Å². The molecule has 1 unspecified atom stereocenters. The van der Waals surface area contributed by atoms with Crippen molar-refractivity contribution in [1.29, 1.82) is 0 Å². The first-order chi connectivity index (χ1) is 13.6. The molecule has 1 fully saturated rings. The van der Waals surface area contributed by atoms with Crippen LogP contribution in [0.1, 0.15) is 41.8 Å². The van der Waals surface area contributed by atoms with Gasteiger partial charge in [-0.1, -0.05) is 30.3 Å². The van der Waals surface area contributed by atoms with Crippen LogP contribution in [-0.4, -0.2) is 39.0 Å². The number of hydrogen-bond acceptors (Lipinski definition) is 6. The van der Waals surface area contributed by atoms with Gasteiger partial charge in [0.05, 0.1) is 0 Å². The minimum atomic E-state index is -0.352. The molecule has 7 heteroatoms. The Morgan fingerprint density at radius 2 is 2.00 bits per heavy atom. The highest BCUT2D eigenvalue weighted by atomic mass is 16.5. The number of aromatic nitrogens is 3. The molecule has 7 nitrogen and oxygen atoms in total. The number of carbonyl (C=O) groups excluding carboxylic acids is 1. The molecular weight excluding hydrogens is 356 g/mol. The minimum absolute atomic E-state index is 0.00412. The minimum Gasteiger partial charge on any atom is -0.484 e. The molecule has 1 atom stereocenters. The van der Waals surface area contributed by atoms with Crippen LogP contribution >= 0.6 is 0 Å². The maximum Gasteiger partial charge on any atom is 0.264 e. The predicted molar refractivity (Wildman–Crippen MR) is 102 cm³/mol. The summed E-state index contributed by atoms with van der Waals surface area (Å²) in [5.41, 5.74) is 0.291. The van der Waals surface area contributed by atoms with Crippen molar-refractivity contribution in [3.05, 3.63) is 72.1 Å². The molecule has 2 aromatic heterocycles. The fourth-order valence-corrected chi connectivity index (χ4v) is 3.49.